The van der Waals surface area contributed by atoms with Crippen LogP contribution in [0.3, 0.4) is 0 Å². The molecule has 2 fully saturated rings. The average Bonchev–Trinajstić information content (AvgIpc) is 3.39. The van der Waals surface area contributed by atoms with E-state index in [1.54, 1.807) is 24.3 Å². The van der Waals surface area contributed by atoms with Crippen molar-refractivity contribution < 1.29 is 28.5 Å². The lowest BCUT2D eigenvalue weighted by Crippen LogP contribution is -2.37. The van der Waals surface area contributed by atoms with Gasteiger partial charge in [-0.1, -0.05) is 12.1 Å². The summed E-state index contributed by atoms with van der Waals surface area (Å²) in [7, 11) is 1.53. The number of halogens is 1. The number of hydrogen-bond donors (Lipinski definition) is 1. The van der Waals surface area contributed by atoms with Gasteiger partial charge in [-0.05, 0) is 69.6 Å². The van der Waals surface area contributed by atoms with E-state index in [9.17, 15) is 14.3 Å². The smallest absolute Gasteiger partial charge is 0.335 e. The van der Waals surface area contributed by atoms with Gasteiger partial charge in [-0.25, -0.2) is 19.2 Å². The minimum absolute atomic E-state index is 0.0219. The zero-order valence-corrected chi connectivity index (χ0v) is 24.7. The van der Waals surface area contributed by atoms with Gasteiger partial charge in [0.15, 0.2) is 0 Å². The van der Waals surface area contributed by atoms with E-state index in [2.05, 4.69) is 16.4 Å². The molecular formula is C33H34FN5O5. The first-order valence-electron chi connectivity index (χ1n) is 14.8. The summed E-state index contributed by atoms with van der Waals surface area (Å²) < 4.78 is 33.5. The van der Waals surface area contributed by atoms with Crippen molar-refractivity contribution >= 4 is 17.0 Å². The van der Waals surface area contributed by atoms with Crippen molar-refractivity contribution in [2.45, 2.75) is 57.4 Å². The monoisotopic (exact) mass is 599 g/mol. The van der Waals surface area contributed by atoms with Gasteiger partial charge in [0, 0.05) is 29.8 Å². The molecule has 0 amide bonds. The van der Waals surface area contributed by atoms with Crippen LogP contribution in [-0.4, -0.2) is 63.4 Å². The zero-order chi connectivity index (χ0) is 30.8. The van der Waals surface area contributed by atoms with Crippen molar-refractivity contribution in [2.75, 3.05) is 26.8 Å². The number of imidazole rings is 1. The maximum Gasteiger partial charge on any atom is 0.335 e. The summed E-state index contributed by atoms with van der Waals surface area (Å²) in [5, 5.41) is 18.7. The Bertz CT molecular complexity index is 1720. The third kappa shape index (κ3) is 5.96. The van der Waals surface area contributed by atoms with Gasteiger partial charge in [0.25, 0.3) is 0 Å². The highest BCUT2D eigenvalue weighted by molar-refractivity contribution is 5.95. The fraction of sp³-hybridized carbons (Fsp3) is 0.394. The molecule has 2 aliphatic heterocycles. The van der Waals surface area contributed by atoms with Crippen molar-refractivity contribution in [3.05, 3.63) is 82.6 Å². The molecule has 4 heterocycles. The van der Waals surface area contributed by atoms with Crippen molar-refractivity contribution in [3.8, 4) is 17.7 Å². The number of pyridine rings is 1. The number of carboxylic acids is 1. The Hall–Kier alpha value is -4.53. The van der Waals surface area contributed by atoms with Crippen LogP contribution < -0.4 is 9.47 Å². The third-order valence-electron chi connectivity index (χ3n) is 8.67. The van der Waals surface area contributed by atoms with Gasteiger partial charge in [-0.3, -0.25) is 4.90 Å². The topological polar surface area (TPSA) is 123 Å². The van der Waals surface area contributed by atoms with Crippen molar-refractivity contribution in [1.82, 2.24) is 19.4 Å². The molecule has 0 spiro atoms. The number of fused-ring (bicyclic) bond motifs is 1. The molecule has 2 aromatic heterocycles. The number of likely N-dealkylation sites (tertiary alicyclic amines) is 1. The molecule has 0 bridgehead atoms. The van der Waals surface area contributed by atoms with Gasteiger partial charge in [-0.15, -0.1) is 0 Å². The molecule has 2 aromatic carbocycles. The number of rotatable bonds is 10. The largest absolute Gasteiger partial charge is 0.494 e. The highest BCUT2D eigenvalue weighted by atomic mass is 19.1. The number of aromatic nitrogens is 3. The zero-order valence-electron chi connectivity index (χ0n) is 24.7. The number of methoxy groups -OCH3 is 1. The Morgan fingerprint density at radius 3 is 2.64 bits per heavy atom. The van der Waals surface area contributed by atoms with Crippen LogP contribution in [0.25, 0.3) is 11.0 Å². The number of carboxylic acid groups (broad SMARTS) is 1. The average molecular weight is 600 g/mol. The second-order valence-electron chi connectivity index (χ2n) is 11.3. The Labute approximate surface area is 254 Å². The molecule has 11 heteroatoms. The number of piperidine rings is 1. The molecule has 0 radical (unpaired) electrons. The molecule has 2 saturated heterocycles. The van der Waals surface area contributed by atoms with Gasteiger partial charge >= 0.3 is 5.97 Å². The van der Waals surface area contributed by atoms with E-state index in [-0.39, 0.29) is 35.8 Å². The third-order valence-corrected chi connectivity index (χ3v) is 8.67. The SMILES string of the molecule is COc1cc(C(=O)O)cc2c1nc([C@@H](C)N1CCC(c3cccc(OCc4ccc(C#N)cc4F)n3)CC1)n2C[C@@H]1CCO1. The highest BCUT2D eigenvalue weighted by Gasteiger charge is 2.31. The molecule has 6 rings (SSSR count). The summed E-state index contributed by atoms with van der Waals surface area (Å²) in [5.74, 6) is 0.488. The molecule has 2 aliphatic rings. The van der Waals surface area contributed by atoms with Crippen molar-refractivity contribution in [1.29, 1.82) is 5.26 Å². The predicted molar refractivity (Wildman–Crippen MR) is 159 cm³/mol. The highest BCUT2D eigenvalue weighted by Crippen LogP contribution is 2.36. The van der Waals surface area contributed by atoms with E-state index in [0.717, 1.165) is 56.0 Å². The summed E-state index contributed by atoms with van der Waals surface area (Å²) in [6.07, 6.45) is 2.80. The lowest BCUT2D eigenvalue weighted by Gasteiger charge is -2.36. The maximum absolute atomic E-state index is 14.3. The second kappa shape index (κ2) is 12.6. The first-order valence-corrected chi connectivity index (χ1v) is 14.8. The molecule has 0 aliphatic carbocycles. The molecule has 10 nitrogen and oxygen atoms in total. The molecule has 0 saturated carbocycles. The molecule has 44 heavy (non-hydrogen) atoms. The molecule has 4 aromatic rings. The Balaban J connectivity index is 1.16. The lowest BCUT2D eigenvalue weighted by atomic mass is 9.92. The molecule has 2 atom stereocenters. The summed E-state index contributed by atoms with van der Waals surface area (Å²) in [6, 6.07) is 15.1. The van der Waals surface area contributed by atoms with Crippen molar-refractivity contribution in [3.63, 3.8) is 0 Å². The van der Waals surface area contributed by atoms with Crippen LogP contribution in [0.4, 0.5) is 4.39 Å². The van der Waals surface area contributed by atoms with Crippen LogP contribution in [-0.2, 0) is 17.9 Å². The van der Waals surface area contributed by atoms with E-state index in [0.29, 0.717) is 29.3 Å². The number of hydrogen-bond acceptors (Lipinski definition) is 8. The fourth-order valence-corrected chi connectivity index (χ4v) is 6.00. The van der Waals surface area contributed by atoms with E-state index >= 15 is 0 Å². The number of benzene rings is 2. The van der Waals surface area contributed by atoms with Crippen LogP contribution in [0, 0.1) is 17.1 Å². The normalized spacial score (nSPS) is 18.0. The fourth-order valence-electron chi connectivity index (χ4n) is 6.00. The summed E-state index contributed by atoms with van der Waals surface area (Å²) >= 11 is 0. The van der Waals surface area contributed by atoms with Crippen LogP contribution >= 0.6 is 0 Å². The number of aromatic carboxylic acids is 1. The van der Waals surface area contributed by atoms with Crippen LogP contribution in [0.2, 0.25) is 0 Å². The molecular weight excluding hydrogens is 565 g/mol. The van der Waals surface area contributed by atoms with E-state index in [1.807, 2.05) is 18.2 Å². The Morgan fingerprint density at radius 2 is 1.98 bits per heavy atom. The number of nitriles is 1. The quantitative estimate of drug-likeness (QED) is 0.253. The standard InChI is InChI=1S/C33H34FN5O5/c1-20(32-37-31-28(39(32)18-25-10-13-43-25)15-24(33(40)41)16-29(31)42-2)38-11-8-22(9-12-38)27-4-3-5-30(36-27)44-19-23-7-6-21(17-35)14-26(23)34/h3-7,14-16,20,22,25H,8-13,18-19H2,1-2H3,(H,40,41)/t20-,25+/m1/s1. The van der Waals surface area contributed by atoms with Gasteiger partial charge in [0.05, 0.1) is 48.5 Å². The van der Waals surface area contributed by atoms with Gasteiger partial charge in [-0.2, -0.15) is 5.26 Å². The van der Waals surface area contributed by atoms with Crippen LogP contribution in [0.15, 0.2) is 48.5 Å². The summed E-state index contributed by atoms with van der Waals surface area (Å²) in [6.45, 7) is 5.15. The molecule has 0 unspecified atom stereocenters. The summed E-state index contributed by atoms with van der Waals surface area (Å²) in [5.41, 5.74) is 3.11. The minimum Gasteiger partial charge on any atom is -0.494 e. The lowest BCUT2D eigenvalue weighted by molar-refractivity contribution is -0.0594. The summed E-state index contributed by atoms with van der Waals surface area (Å²) in [4.78, 5) is 24.0. The van der Waals surface area contributed by atoms with E-state index < -0.39 is 11.8 Å². The Kier molecular flexibility index (Phi) is 8.46. The van der Waals surface area contributed by atoms with Gasteiger partial charge in [0.2, 0.25) is 5.88 Å². The second-order valence-corrected chi connectivity index (χ2v) is 11.3. The van der Waals surface area contributed by atoms with Gasteiger partial charge in [0.1, 0.15) is 29.5 Å². The number of ether oxygens (including phenoxy) is 3. The van der Waals surface area contributed by atoms with Crippen LogP contribution in [0.1, 0.15) is 71.1 Å². The first kappa shape index (κ1) is 29.5. The molecule has 1 N–H and O–H groups in total. The maximum atomic E-state index is 14.3. The first-order chi connectivity index (χ1) is 21.3. The molecule has 228 valence electrons. The van der Waals surface area contributed by atoms with Crippen molar-refractivity contribution in [2.24, 2.45) is 0 Å². The number of carbonyl (C=O) groups is 1. The predicted octanol–water partition coefficient (Wildman–Crippen LogP) is 5.46. The van der Waals surface area contributed by atoms with Gasteiger partial charge < -0.3 is 23.9 Å². The van der Waals surface area contributed by atoms with E-state index in [1.165, 1.54) is 19.2 Å². The number of nitrogens with zero attached hydrogens (tertiary/aromatic N) is 5. The Morgan fingerprint density at radius 1 is 1.18 bits per heavy atom. The minimum atomic E-state index is -1.01. The van der Waals surface area contributed by atoms with E-state index in [4.69, 9.17) is 29.4 Å². The van der Waals surface area contributed by atoms with Crippen LogP contribution in [0.5, 0.6) is 11.6 Å².